The number of carboxylic acid groups (broad SMARTS) is 1. The molecule has 0 saturated heterocycles. The van der Waals surface area contributed by atoms with Crippen molar-refractivity contribution in [1.29, 1.82) is 0 Å². The predicted octanol–water partition coefficient (Wildman–Crippen LogP) is 4.04. The molecule has 0 heterocycles. The number of carbonyl (C=O) groups is 1. The lowest BCUT2D eigenvalue weighted by Gasteiger charge is -2.10. The van der Waals surface area contributed by atoms with E-state index in [1.807, 2.05) is 24.3 Å². The van der Waals surface area contributed by atoms with Crippen LogP contribution in [-0.4, -0.2) is 11.1 Å². The van der Waals surface area contributed by atoms with Crippen LogP contribution in [0.1, 0.15) is 15.9 Å². The molecule has 104 valence electrons. The smallest absolute Gasteiger partial charge is 0.338 e. The highest BCUT2D eigenvalue weighted by atomic mass is 79.9. The quantitative estimate of drug-likeness (QED) is 0.882. The molecule has 0 amide bonds. The Morgan fingerprint density at radius 3 is 2.55 bits per heavy atom. The van der Waals surface area contributed by atoms with Gasteiger partial charge in [0.2, 0.25) is 0 Å². The van der Waals surface area contributed by atoms with Crippen LogP contribution in [0.3, 0.4) is 0 Å². The molecule has 0 radical (unpaired) electrons. The van der Waals surface area contributed by atoms with Gasteiger partial charge in [-0.1, -0.05) is 34.1 Å². The van der Waals surface area contributed by atoms with Crippen LogP contribution in [0.4, 0.5) is 14.5 Å². The maximum absolute atomic E-state index is 13.6. The third-order valence-electron chi connectivity index (χ3n) is 2.71. The molecule has 6 heteroatoms. The minimum atomic E-state index is -1.44. The van der Waals surface area contributed by atoms with Crippen molar-refractivity contribution in [3.05, 3.63) is 63.6 Å². The number of rotatable bonds is 4. The zero-order chi connectivity index (χ0) is 14.7. The molecule has 0 spiro atoms. The maximum Gasteiger partial charge on any atom is 0.338 e. The van der Waals surface area contributed by atoms with Gasteiger partial charge in [0.05, 0.1) is 11.3 Å². The molecule has 2 N–H and O–H groups in total. The van der Waals surface area contributed by atoms with Crippen LogP contribution < -0.4 is 5.32 Å². The third kappa shape index (κ3) is 3.14. The molecule has 0 unspecified atom stereocenters. The van der Waals surface area contributed by atoms with Crippen molar-refractivity contribution in [1.82, 2.24) is 0 Å². The van der Waals surface area contributed by atoms with Crippen molar-refractivity contribution in [3.63, 3.8) is 0 Å². The van der Waals surface area contributed by atoms with Crippen molar-refractivity contribution in [2.45, 2.75) is 6.54 Å². The zero-order valence-electron chi connectivity index (χ0n) is 10.2. The van der Waals surface area contributed by atoms with Gasteiger partial charge in [-0.3, -0.25) is 0 Å². The standard InChI is InChI=1S/C14H10BrF2NO2/c15-10-4-2-1-3-8(10)7-18-13-5-9(14(19)20)11(16)6-12(13)17/h1-6,18H,7H2,(H,19,20). The summed E-state index contributed by atoms with van der Waals surface area (Å²) in [6.45, 7) is 0.281. The predicted molar refractivity (Wildman–Crippen MR) is 74.8 cm³/mol. The van der Waals surface area contributed by atoms with Crippen LogP contribution >= 0.6 is 15.9 Å². The number of anilines is 1. The van der Waals surface area contributed by atoms with Gasteiger partial charge in [0, 0.05) is 17.1 Å². The van der Waals surface area contributed by atoms with Crippen molar-refractivity contribution in [3.8, 4) is 0 Å². The fourth-order valence-electron chi connectivity index (χ4n) is 1.68. The molecule has 0 atom stereocenters. The largest absolute Gasteiger partial charge is 0.478 e. The highest BCUT2D eigenvalue weighted by molar-refractivity contribution is 9.10. The molecule has 0 aromatic heterocycles. The lowest BCUT2D eigenvalue weighted by Crippen LogP contribution is -2.07. The number of carboxylic acids is 1. The number of nitrogens with one attached hydrogen (secondary N) is 1. The lowest BCUT2D eigenvalue weighted by atomic mass is 10.1. The van der Waals surface area contributed by atoms with Gasteiger partial charge >= 0.3 is 5.97 Å². The van der Waals surface area contributed by atoms with Gasteiger partial charge in [0.25, 0.3) is 0 Å². The Balaban J connectivity index is 2.24. The Bertz CT molecular complexity index is 662. The van der Waals surface area contributed by atoms with Crippen molar-refractivity contribution < 1.29 is 18.7 Å². The normalized spacial score (nSPS) is 10.3. The van der Waals surface area contributed by atoms with Crippen LogP contribution in [0.25, 0.3) is 0 Å². The maximum atomic E-state index is 13.6. The summed E-state index contributed by atoms with van der Waals surface area (Å²) in [6.07, 6.45) is 0. The Hall–Kier alpha value is -1.95. The number of halogens is 3. The van der Waals surface area contributed by atoms with Crippen LogP contribution in [0.5, 0.6) is 0 Å². The van der Waals surface area contributed by atoms with Gasteiger partial charge in [-0.15, -0.1) is 0 Å². The van der Waals surface area contributed by atoms with E-state index in [1.165, 1.54) is 0 Å². The SMILES string of the molecule is O=C(O)c1cc(NCc2ccccc2Br)c(F)cc1F. The second-order valence-electron chi connectivity index (χ2n) is 4.06. The summed E-state index contributed by atoms with van der Waals surface area (Å²) in [5.74, 6) is -3.37. The van der Waals surface area contributed by atoms with Crippen molar-refractivity contribution in [2.24, 2.45) is 0 Å². The number of aromatic carboxylic acids is 1. The first kappa shape index (κ1) is 14.5. The summed E-state index contributed by atoms with van der Waals surface area (Å²) in [7, 11) is 0. The summed E-state index contributed by atoms with van der Waals surface area (Å²) < 4.78 is 27.7. The Morgan fingerprint density at radius 2 is 1.90 bits per heavy atom. The lowest BCUT2D eigenvalue weighted by molar-refractivity contribution is 0.0692. The minimum Gasteiger partial charge on any atom is -0.478 e. The van der Waals surface area contributed by atoms with Crippen LogP contribution in [0.15, 0.2) is 40.9 Å². The number of benzene rings is 2. The molecule has 0 aliphatic carbocycles. The van der Waals surface area contributed by atoms with Gasteiger partial charge in [-0.2, -0.15) is 0 Å². The molecular weight excluding hydrogens is 332 g/mol. The van der Waals surface area contributed by atoms with E-state index in [1.54, 1.807) is 0 Å². The van der Waals surface area contributed by atoms with Crippen molar-refractivity contribution >= 4 is 27.6 Å². The van der Waals surface area contributed by atoms with Gasteiger partial charge in [0.1, 0.15) is 11.6 Å². The molecule has 2 rings (SSSR count). The third-order valence-corrected chi connectivity index (χ3v) is 3.49. The average molecular weight is 342 g/mol. The van der Waals surface area contributed by atoms with Gasteiger partial charge < -0.3 is 10.4 Å². The van der Waals surface area contributed by atoms with Crippen LogP contribution in [0.2, 0.25) is 0 Å². The van der Waals surface area contributed by atoms with E-state index in [0.29, 0.717) is 6.07 Å². The summed E-state index contributed by atoms with van der Waals surface area (Å²) in [4.78, 5) is 10.8. The van der Waals surface area contributed by atoms with E-state index in [9.17, 15) is 13.6 Å². The summed E-state index contributed by atoms with van der Waals surface area (Å²) >= 11 is 3.35. The number of hydrogen-bond acceptors (Lipinski definition) is 2. The molecule has 0 fully saturated rings. The van der Waals surface area contributed by atoms with E-state index >= 15 is 0 Å². The van der Waals surface area contributed by atoms with Gasteiger partial charge in [-0.25, -0.2) is 13.6 Å². The Morgan fingerprint density at radius 1 is 1.20 bits per heavy atom. The molecule has 2 aromatic rings. The monoisotopic (exact) mass is 341 g/mol. The Labute approximate surface area is 122 Å². The van der Waals surface area contributed by atoms with E-state index in [0.717, 1.165) is 16.1 Å². The summed E-state index contributed by atoms with van der Waals surface area (Å²) in [6, 6.07) is 8.84. The van der Waals surface area contributed by atoms with Crippen LogP contribution in [-0.2, 0) is 6.54 Å². The molecule has 2 aromatic carbocycles. The number of hydrogen-bond donors (Lipinski definition) is 2. The zero-order valence-corrected chi connectivity index (χ0v) is 11.7. The molecule has 20 heavy (non-hydrogen) atoms. The van der Waals surface area contributed by atoms with E-state index in [2.05, 4.69) is 21.2 Å². The second kappa shape index (κ2) is 6.00. The summed E-state index contributed by atoms with van der Waals surface area (Å²) in [5, 5.41) is 11.6. The van der Waals surface area contributed by atoms with Gasteiger partial charge in [-0.05, 0) is 17.7 Å². The second-order valence-corrected chi connectivity index (χ2v) is 4.92. The highest BCUT2D eigenvalue weighted by Crippen LogP contribution is 2.22. The Kier molecular flexibility index (Phi) is 4.34. The van der Waals surface area contributed by atoms with E-state index < -0.39 is 23.2 Å². The summed E-state index contributed by atoms with van der Waals surface area (Å²) in [5.41, 5.74) is 0.244. The fourth-order valence-corrected chi connectivity index (χ4v) is 2.11. The van der Waals surface area contributed by atoms with E-state index in [4.69, 9.17) is 5.11 Å². The van der Waals surface area contributed by atoms with E-state index in [-0.39, 0.29) is 12.2 Å². The first-order valence-corrected chi connectivity index (χ1v) is 6.48. The highest BCUT2D eigenvalue weighted by Gasteiger charge is 2.15. The fraction of sp³-hybridized carbons (Fsp3) is 0.0714. The molecule has 0 aliphatic heterocycles. The van der Waals surface area contributed by atoms with Gasteiger partial charge in [0.15, 0.2) is 0 Å². The molecule has 0 saturated carbocycles. The molecular formula is C14H10BrF2NO2. The van der Waals surface area contributed by atoms with Crippen LogP contribution in [0, 0.1) is 11.6 Å². The minimum absolute atomic E-state index is 0.0560. The first-order valence-electron chi connectivity index (χ1n) is 5.68. The molecule has 0 bridgehead atoms. The van der Waals surface area contributed by atoms with Crippen molar-refractivity contribution in [2.75, 3.05) is 5.32 Å². The first-order chi connectivity index (χ1) is 9.49. The molecule has 3 nitrogen and oxygen atoms in total. The topological polar surface area (TPSA) is 49.3 Å². The molecule has 0 aliphatic rings. The average Bonchev–Trinajstić information content (AvgIpc) is 2.39.